The predicted octanol–water partition coefficient (Wildman–Crippen LogP) is 1.60. The fourth-order valence-corrected chi connectivity index (χ4v) is 1.05. The first-order valence-electron chi connectivity index (χ1n) is 4.12. The molecule has 1 rings (SSSR count). The summed E-state index contributed by atoms with van der Waals surface area (Å²) in [5, 5.41) is 0.356. The van der Waals surface area contributed by atoms with Crippen LogP contribution in [-0.4, -0.2) is 12.5 Å². The molecular weight excluding hydrogens is 204 g/mol. The number of carbonyl (C=O) groups excluding carboxylic acids is 1. The Labute approximate surface area is 86.9 Å². The van der Waals surface area contributed by atoms with Crippen molar-refractivity contribution in [2.75, 3.05) is 12.3 Å². The van der Waals surface area contributed by atoms with Gasteiger partial charge in [0.05, 0.1) is 17.3 Å². The van der Waals surface area contributed by atoms with Gasteiger partial charge < -0.3 is 5.73 Å². The summed E-state index contributed by atoms with van der Waals surface area (Å²) in [6, 6.07) is 4.64. The first-order chi connectivity index (χ1) is 6.65. The van der Waals surface area contributed by atoms with Crippen molar-refractivity contribution >= 4 is 23.2 Å². The van der Waals surface area contributed by atoms with Gasteiger partial charge in [-0.1, -0.05) is 11.6 Å². The Balaban J connectivity index is 2.76. The summed E-state index contributed by atoms with van der Waals surface area (Å²) in [5.74, 6) is -0.339. The number of nitrogens with two attached hydrogens (primary N) is 1. The van der Waals surface area contributed by atoms with Gasteiger partial charge in [0.2, 0.25) is 0 Å². The van der Waals surface area contributed by atoms with Crippen LogP contribution in [0.25, 0.3) is 0 Å². The summed E-state index contributed by atoms with van der Waals surface area (Å²) in [5.41, 5.74) is 8.61. The molecule has 4 nitrogen and oxygen atoms in total. The van der Waals surface area contributed by atoms with Gasteiger partial charge in [-0.15, -0.1) is 0 Å². The molecule has 0 aliphatic rings. The fraction of sp³-hybridized carbons (Fsp3) is 0.222. The Morgan fingerprint density at radius 1 is 1.64 bits per heavy atom. The normalized spacial score (nSPS) is 9.86. The molecule has 0 atom stereocenters. The van der Waals surface area contributed by atoms with Crippen molar-refractivity contribution in [2.24, 2.45) is 0 Å². The fourth-order valence-electron chi connectivity index (χ4n) is 0.865. The van der Waals surface area contributed by atoms with E-state index in [0.29, 0.717) is 22.9 Å². The standard InChI is InChI=1S/C9H11ClN2O2/c1-2-14-12-9(13)6-3-4-8(11)7(10)5-6/h3-5H,2,11H2,1H3,(H,12,13). The topological polar surface area (TPSA) is 64.3 Å². The Bertz CT molecular complexity index is 342. The molecule has 0 saturated heterocycles. The molecule has 1 aromatic carbocycles. The lowest BCUT2D eigenvalue weighted by atomic mass is 10.2. The summed E-state index contributed by atoms with van der Waals surface area (Å²) in [4.78, 5) is 16.1. The van der Waals surface area contributed by atoms with Crippen LogP contribution in [0.15, 0.2) is 18.2 Å². The van der Waals surface area contributed by atoms with E-state index in [2.05, 4.69) is 5.48 Å². The second-order valence-electron chi connectivity index (χ2n) is 2.60. The summed E-state index contributed by atoms with van der Waals surface area (Å²) < 4.78 is 0. The van der Waals surface area contributed by atoms with Crippen LogP contribution >= 0.6 is 11.6 Å². The quantitative estimate of drug-likeness (QED) is 0.594. The number of nitrogens with one attached hydrogen (secondary N) is 1. The Hall–Kier alpha value is -1.26. The van der Waals surface area contributed by atoms with Gasteiger partial charge in [-0.05, 0) is 25.1 Å². The summed E-state index contributed by atoms with van der Waals surface area (Å²) in [6.45, 7) is 2.19. The second kappa shape index (κ2) is 4.83. The van der Waals surface area contributed by atoms with Crippen LogP contribution in [0.2, 0.25) is 5.02 Å². The van der Waals surface area contributed by atoms with E-state index in [-0.39, 0.29) is 5.91 Å². The van der Waals surface area contributed by atoms with Crippen LogP contribution < -0.4 is 11.2 Å². The van der Waals surface area contributed by atoms with Crippen molar-refractivity contribution in [1.82, 2.24) is 5.48 Å². The molecule has 0 heterocycles. The predicted molar refractivity (Wildman–Crippen MR) is 55.0 cm³/mol. The molecule has 1 aromatic rings. The highest BCUT2D eigenvalue weighted by Crippen LogP contribution is 2.19. The molecule has 76 valence electrons. The molecule has 0 bridgehead atoms. The maximum Gasteiger partial charge on any atom is 0.274 e. The Morgan fingerprint density at radius 2 is 2.36 bits per heavy atom. The van der Waals surface area contributed by atoms with E-state index >= 15 is 0 Å². The first-order valence-corrected chi connectivity index (χ1v) is 4.50. The largest absolute Gasteiger partial charge is 0.398 e. The third-order valence-corrected chi connectivity index (χ3v) is 1.90. The van der Waals surface area contributed by atoms with Gasteiger partial charge in [0, 0.05) is 5.56 Å². The van der Waals surface area contributed by atoms with Crippen molar-refractivity contribution < 1.29 is 9.63 Å². The maximum absolute atomic E-state index is 11.3. The number of carbonyl (C=O) groups is 1. The number of nitrogen functional groups attached to an aromatic ring is 1. The summed E-state index contributed by atoms with van der Waals surface area (Å²) >= 11 is 5.75. The monoisotopic (exact) mass is 214 g/mol. The van der Waals surface area contributed by atoms with E-state index in [0.717, 1.165) is 0 Å². The molecule has 0 unspecified atom stereocenters. The van der Waals surface area contributed by atoms with Crippen molar-refractivity contribution in [3.05, 3.63) is 28.8 Å². The smallest absolute Gasteiger partial charge is 0.274 e. The number of hydrogen-bond donors (Lipinski definition) is 2. The first kappa shape index (κ1) is 10.8. The highest BCUT2D eigenvalue weighted by Gasteiger charge is 2.06. The van der Waals surface area contributed by atoms with Crippen LogP contribution in [0.1, 0.15) is 17.3 Å². The zero-order valence-electron chi connectivity index (χ0n) is 7.71. The van der Waals surface area contributed by atoms with E-state index in [1.165, 1.54) is 6.07 Å². The SMILES string of the molecule is CCONC(=O)c1ccc(N)c(Cl)c1. The van der Waals surface area contributed by atoms with Gasteiger partial charge in [-0.3, -0.25) is 9.63 Å². The van der Waals surface area contributed by atoms with Crippen LogP contribution in [0.4, 0.5) is 5.69 Å². The van der Waals surface area contributed by atoms with Gasteiger partial charge in [0.1, 0.15) is 0 Å². The molecule has 0 aliphatic carbocycles. The lowest BCUT2D eigenvalue weighted by molar-refractivity contribution is 0.0364. The molecule has 0 radical (unpaired) electrons. The number of anilines is 1. The highest BCUT2D eigenvalue weighted by atomic mass is 35.5. The second-order valence-corrected chi connectivity index (χ2v) is 3.01. The Morgan fingerprint density at radius 3 is 2.93 bits per heavy atom. The zero-order valence-corrected chi connectivity index (χ0v) is 8.47. The number of rotatable bonds is 3. The number of benzene rings is 1. The van der Waals surface area contributed by atoms with E-state index < -0.39 is 0 Å². The minimum atomic E-state index is -0.339. The van der Waals surface area contributed by atoms with Crippen LogP contribution in [0.3, 0.4) is 0 Å². The molecular formula is C9H11ClN2O2. The lowest BCUT2D eigenvalue weighted by Crippen LogP contribution is -2.23. The van der Waals surface area contributed by atoms with E-state index in [1.807, 2.05) is 0 Å². The average Bonchev–Trinajstić information content (AvgIpc) is 2.18. The summed E-state index contributed by atoms with van der Waals surface area (Å²) in [7, 11) is 0. The molecule has 0 fully saturated rings. The highest BCUT2D eigenvalue weighted by molar-refractivity contribution is 6.33. The molecule has 3 N–H and O–H groups in total. The van der Waals surface area contributed by atoms with Crippen molar-refractivity contribution in [1.29, 1.82) is 0 Å². The third kappa shape index (κ3) is 2.61. The molecule has 0 aromatic heterocycles. The van der Waals surface area contributed by atoms with Crippen molar-refractivity contribution in [3.63, 3.8) is 0 Å². The van der Waals surface area contributed by atoms with Gasteiger partial charge >= 0.3 is 0 Å². The van der Waals surface area contributed by atoms with E-state index in [1.54, 1.807) is 19.1 Å². The molecule has 14 heavy (non-hydrogen) atoms. The van der Waals surface area contributed by atoms with Crippen molar-refractivity contribution in [3.8, 4) is 0 Å². The molecule has 5 heteroatoms. The molecule has 1 amide bonds. The average molecular weight is 215 g/mol. The van der Waals surface area contributed by atoms with Gasteiger partial charge in [0.25, 0.3) is 5.91 Å². The number of halogens is 1. The van der Waals surface area contributed by atoms with Gasteiger partial charge in [0.15, 0.2) is 0 Å². The zero-order chi connectivity index (χ0) is 10.6. The van der Waals surface area contributed by atoms with E-state index in [9.17, 15) is 4.79 Å². The summed E-state index contributed by atoms with van der Waals surface area (Å²) in [6.07, 6.45) is 0. The van der Waals surface area contributed by atoms with Crippen LogP contribution in [0, 0.1) is 0 Å². The number of hydroxylamine groups is 1. The minimum Gasteiger partial charge on any atom is -0.398 e. The third-order valence-electron chi connectivity index (χ3n) is 1.57. The van der Waals surface area contributed by atoms with E-state index in [4.69, 9.17) is 22.2 Å². The molecule has 0 saturated carbocycles. The Kier molecular flexibility index (Phi) is 3.73. The minimum absolute atomic E-state index is 0.339. The maximum atomic E-state index is 11.3. The molecule has 0 spiro atoms. The van der Waals surface area contributed by atoms with Crippen LogP contribution in [-0.2, 0) is 4.84 Å². The number of amides is 1. The molecule has 0 aliphatic heterocycles. The van der Waals surface area contributed by atoms with Gasteiger partial charge in [-0.25, -0.2) is 5.48 Å². The van der Waals surface area contributed by atoms with Gasteiger partial charge in [-0.2, -0.15) is 0 Å². The van der Waals surface area contributed by atoms with Crippen LogP contribution in [0.5, 0.6) is 0 Å². The lowest BCUT2D eigenvalue weighted by Gasteiger charge is -2.04. The van der Waals surface area contributed by atoms with Crippen molar-refractivity contribution in [2.45, 2.75) is 6.92 Å². The number of hydrogen-bond acceptors (Lipinski definition) is 3.